The minimum absolute atomic E-state index is 0.0757. The first-order valence-electron chi connectivity index (χ1n) is 9.07. The van der Waals surface area contributed by atoms with Crippen molar-refractivity contribution in [3.63, 3.8) is 0 Å². The standard InChI is InChI=1S/C19H18BrN5O2/c20-11-5-14-17-16(24-19(14)23-7-11)8-22-15(6-21)18(17)27-13-1-3-25(4-2-13)12-9-26-10-12/h5,7-8,12-13H,1-4,9-10H2,(H,23,24). The summed E-state index contributed by atoms with van der Waals surface area (Å²) in [5.74, 6) is 0.562. The second-order valence-corrected chi connectivity index (χ2v) is 7.97. The fourth-order valence-corrected chi connectivity index (χ4v) is 4.20. The molecule has 8 heteroatoms. The predicted molar refractivity (Wildman–Crippen MR) is 104 cm³/mol. The van der Waals surface area contributed by atoms with Gasteiger partial charge in [0.15, 0.2) is 11.4 Å². The molecule has 27 heavy (non-hydrogen) atoms. The van der Waals surface area contributed by atoms with Crippen LogP contribution in [0.4, 0.5) is 0 Å². The van der Waals surface area contributed by atoms with E-state index in [2.05, 4.69) is 41.9 Å². The van der Waals surface area contributed by atoms with Crippen LogP contribution >= 0.6 is 15.9 Å². The number of pyridine rings is 2. The van der Waals surface area contributed by atoms with Crippen LogP contribution in [0, 0.1) is 11.3 Å². The van der Waals surface area contributed by atoms with Gasteiger partial charge in [-0.15, -0.1) is 0 Å². The number of aromatic nitrogens is 3. The molecule has 3 aromatic rings. The number of rotatable bonds is 3. The quantitative estimate of drug-likeness (QED) is 0.690. The summed E-state index contributed by atoms with van der Waals surface area (Å²) in [5, 5.41) is 11.4. The normalized spacial score (nSPS) is 19.3. The van der Waals surface area contributed by atoms with Gasteiger partial charge in [0.25, 0.3) is 0 Å². The van der Waals surface area contributed by atoms with E-state index in [9.17, 15) is 5.26 Å². The predicted octanol–water partition coefficient (Wildman–Crippen LogP) is 2.99. The van der Waals surface area contributed by atoms with Crippen molar-refractivity contribution in [1.82, 2.24) is 19.9 Å². The Morgan fingerprint density at radius 2 is 2.07 bits per heavy atom. The molecule has 1 N–H and O–H groups in total. The maximum absolute atomic E-state index is 9.58. The van der Waals surface area contributed by atoms with Crippen LogP contribution in [-0.4, -0.2) is 58.3 Å². The maximum atomic E-state index is 9.58. The molecule has 138 valence electrons. The van der Waals surface area contributed by atoms with Crippen LogP contribution < -0.4 is 4.74 Å². The average molecular weight is 428 g/mol. The van der Waals surface area contributed by atoms with E-state index in [1.165, 1.54) is 0 Å². The lowest BCUT2D eigenvalue weighted by atomic mass is 10.0. The van der Waals surface area contributed by atoms with Crippen LogP contribution in [0.25, 0.3) is 21.9 Å². The topological polar surface area (TPSA) is 87.1 Å². The van der Waals surface area contributed by atoms with Crippen LogP contribution in [0.5, 0.6) is 5.75 Å². The molecule has 0 aromatic carbocycles. The van der Waals surface area contributed by atoms with Crippen molar-refractivity contribution in [1.29, 1.82) is 5.26 Å². The smallest absolute Gasteiger partial charge is 0.183 e. The molecule has 0 bridgehead atoms. The van der Waals surface area contributed by atoms with Crippen molar-refractivity contribution in [2.24, 2.45) is 0 Å². The molecular weight excluding hydrogens is 410 g/mol. The number of aromatic amines is 1. The highest BCUT2D eigenvalue weighted by molar-refractivity contribution is 9.10. The number of halogens is 1. The van der Waals surface area contributed by atoms with E-state index in [-0.39, 0.29) is 6.10 Å². The van der Waals surface area contributed by atoms with Crippen LogP contribution in [0.15, 0.2) is 22.9 Å². The second kappa shape index (κ2) is 6.75. The van der Waals surface area contributed by atoms with Crippen LogP contribution in [-0.2, 0) is 4.74 Å². The van der Waals surface area contributed by atoms with Gasteiger partial charge < -0.3 is 14.5 Å². The summed E-state index contributed by atoms with van der Waals surface area (Å²) in [5.41, 5.74) is 1.90. The summed E-state index contributed by atoms with van der Waals surface area (Å²) in [6.45, 7) is 3.66. The molecule has 2 saturated heterocycles. The Kier molecular flexibility index (Phi) is 4.23. The molecule has 7 nitrogen and oxygen atoms in total. The molecule has 0 unspecified atom stereocenters. The number of piperidine rings is 1. The lowest BCUT2D eigenvalue weighted by molar-refractivity contribution is -0.0777. The van der Waals surface area contributed by atoms with Crippen LogP contribution in [0.2, 0.25) is 0 Å². The summed E-state index contributed by atoms with van der Waals surface area (Å²) in [6.07, 6.45) is 5.36. The van der Waals surface area contributed by atoms with Gasteiger partial charge in [0.1, 0.15) is 17.8 Å². The summed E-state index contributed by atoms with van der Waals surface area (Å²) < 4.78 is 12.6. The van der Waals surface area contributed by atoms with Crippen molar-refractivity contribution in [2.45, 2.75) is 25.0 Å². The first-order chi connectivity index (χ1) is 13.2. The summed E-state index contributed by atoms with van der Waals surface area (Å²) >= 11 is 3.48. The van der Waals surface area contributed by atoms with E-state index < -0.39 is 0 Å². The molecule has 0 radical (unpaired) electrons. The Hall–Kier alpha value is -2.21. The fourth-order valence-electron chi connectivity index (χ4n) is 3.87. The highest BCUT2D eigenvalue weighted by Crippen LogP contribution is 2.36. The molecule has 0 aliphatic carbocycles. The Balaban J connectivity index is 1.49. The molecule has 2 fully saturated rings. The van der Waals surface area contributed by atoms with Gasteiger partial charge in [-0.2, -0.15) is 5.26 Å². The summed E-state index contributed by atoms with van der Waals surface area (Å²) in [6, 6.07) is 4.74. The van der Waals surface area contributed by atoms with Crippen molar-refractivity contribution < 1.29 is 9.47 Å². The van der Waals surface area contributed by atoms with Gasteiger partial charge in [0.2, 0.25) is 0 Å². The third kappa shape index (κ3) is 2.96. The van der Waals surface area contributed by atoms with Gasteiger partial charge in [-0.3, -0.25) is 4.90 Å². The SMILES string of the molecule is N#Cc1ncc2[nH]c3ncc(Br)cc3c2c1OC1CCN(C2COC2)CC1. The Morgan fingerprint density at radius 3 is 2.78 bits per heavy atom. The summed E-state index contributed by atoms with van der Waals surface area (Å²) in [4.78, 5) is 14.4. The Bertz CT molecular complexity index is 1050. The van der Waals surface area contributed by atoms with Crippen LogP contribution in [0.3, 0.4) is 0 Å². The molecule has 5 heterocycles. The zero-order chi connectivity index (χ0) is 18.4. The molecule has 2 aliphatic heterocycles. The van der Waals surface area contributed by atoms with E-state index in [1.807, 2.05) is 6.07 Å². The number of H-pyrrole nitrogens is 1. The second-order valence-electron chi connectivity index (χ2n) is 7.06. The highest BCUT2D eigenvalue weighted by Gasteiger charge is 2.31. The average Bonchev–Trinajstić information content (AvgIpc) is 3.00. The minimum atomic E-state index is 0.0757. The van der Waals surface area contributed by atoms with E-state index in [0.717, 1.165) is 65.6 Å². The van der Waals surface area contributed by atoms with Gasteiger partial charge in [-0.05, 0) is 34.8 Å². The number of likely N-dealkylation sites (tertiary alicyclic amines) is 1. The Morgan fingerprint density at radius 1 is 1.26 bits per heavy atom. The maximum Gasteiger partial charge on any atom is 0.183 e. The van der Waals surface area contributed by atoms with Crippen LogP contribution in [0.1, 0.15) is 18.5 Å². The van der Waals surface area contributed by atoms with Crippen molar-refractivity contribution in [3.05, 3.63) is 28.6 Å². The number of hydrogen-bond acceptors (Lipinski definition) is 6. The third-order valence-electron chi connectivity index (χ3n) is 5.41. The molecule has 5 rings (SSSR count). The number of nitrogens with one attached hydrogen (secondary N) is 1. The third-order valence-corrected chi connectivity index (χ3v) is 5.85. The Labute approximate surface area is 164 Å². The lowest BCUT2D eigenvalue weighted by Gasteiger charge is -2.41. The zero-order valence-electron chi connectivity index (χ0n) is 14.6. The fraction of sp³-hybridized carbons (Fsp3) is 0.421. The highest BCUT2D eigenvalue weighted by atomic mass is 79.9. The largest absolute Gasteiger partial charge is 0.487 e. The number of nitrogens with zero attached hydrogens (tertiary/aromatic N) is 4. The van der Waals surface area contributed by atoms with Crippen molar-refractivity contribution in [2.75, 3.05) is 26.3 Å². The van der Waals surface area contributed by atoms with Crippen molar-refractivity contribution in [3.8, 4) is 11.8 Å². The zero-order valence-corrected chi connectivity index (χ0v) is 16.2. The molecule has 0 amide bonds. The van der Waals surface area contributed by atoms with Gasteiger partial charge in [-0.1, -0.05) is 0 Å². The van der Waals surface area contributed by atoms with Gasteiger partial charge in [0, 0.05) is 29.1 Å². The first-order valence-corrected chi connectivity index (χ1v) is 9.86. The molecular formula is C19H18BrN5O2. The monoisotopic (exact) mass is 427 g/mol. The van der Waals surface area contributed by atoms with E-state index >= 15 is 0 Å². The molecule has 0 saturated carbocycles. The van der Waals surface area contributed by atoms with Gasteiger partial charge in [-0.25, -0.2) is 9.97 Å². The number of ether oxygens (including phenoxy) is 2. The first kappa shape index (κ1) is 16.9. The lowest BCUT2D eigenvalue weighted by Crippen LogP contribution is -2.52. The molecule has 2 aliphatic rings. The molecule has 0 spiro atoms. The van der Waals surface area contributed by atoms with E-state index in [0.29, 0.717) is 17.5 Å². The van der Waals surface area contributed by atoms with Gasteiger partial charge >= 0.3 is 0 Å². The summed E-state index contributed by atoms with van der Waals surface area (Å²) in [7, 11) is 0. The number of hydrogen-bond donors (Lipinski definition) is 1. The van der Waals surface area contributed by atoms with Crippen molar-refractivity contribution >= 4 is 37.9 Å². The molecule has 3 aromatic heterocycles. The van der Waals surface area contributed by atoms with E-state index in [1.54, 1.807) is 12.4 Å². The molecule has 0 atom stereocenters. The number of fused-ring (bicyclic) bond motifs is 3. The van der Waals surface area contributed by atoms with Gasteiger partial charge in [0.05, 0.1) is 36.4 Å². The number of nitriles is 1. The van der Waals surface area contributed by atoms with E-state index in [4.69, 9.17) is 9.47 Å². The minimum Gasteiger partial charge on any atom is -0.487 e.